The van der Waals surface area contributed by atoms with Gasteiger partial charge in [0.1, 0.15) is 11.6 Å². The first kappa shape index (κ1) is 14.3. The molecule has 5 heteroatoms. The number of ether oxygens (including phenoxy) is 1. The van der Waals surface area contributed by atoms with Crippen molar-refractivity contribution in [3.05, 3.63) is 56.7 Å². The molecule has 0 atom stereocenters. The molecule has 0 heterocycles. The maximum absolute atomic E-state index is 13.0. The molecular formula is C14H12Br2FNO. The highest BCUT2D eigenvalue weighted by Gasteiger charge is 2.04. The van der Waals surface area contributed by atoms with E-state index in [1.807, 2.05) is 18.2 Å². The third kappa shape index (κ3) is 3.70. The Labute approximate surface area is 128 Å². The Balaban J connectivity index is 2.08. The minimum absolute atomic E-state index is 0.260. The molecule has 19 heavy (non-hydrogen) atoms. The van der Waals surface area contributed by atoms with Crippen LogP contribution in [0.5, 0.6) is 5.75 Å². The van der Waals surface area contributed by atoms with Crippen molar-refractivity contribution in [3.63, 3.8) is 0 Å². The Kier molecular flexibility index (Phi) is 4.82. The number of halogens is 3. The molecule has 0 bridgehead atoms. The highest BCUT2D eigenvalue weighted by molar-refractivity contribution is 9.11. The average Bonchev–Trinajstić information content (AvgIpc) is 2.38. The largest absolute Gasteiger partial charge is 0.496 e. The van der Waals surface area contributed by atoms with Crippen LogP contribution in [0.15, 0.2) is 45.3 Å². The topological polar surface area (TPSA) is 21.3 Å². The first-order valence-corrected chi connectivity index (χ1v) is 7.20. The molecule has 2 rings (SSSR count). The van der Waals surface area contributed by atoms with Crippen LogP contribution in [0.2, 0.25) is 0 Å². The molecule has 0 saturated heterocycles. The van der Waals surface area contributed by atoms with Crippen molar-refractivity contribution in [2.75, 3.05) is 12.4 Å². The smallest absolute Gasteiger partial charge is 0.133 e. The highest BCUT2D eigenvalue weighted by atomic mass is 79.9. The van der Waals surface area contributed by atoms with Crippen molar-refractivity contribution in [3.8, 4) is 5.75 Å². The normalized spacial score (nSPS) is 10.3. The summed E-state index contributed by atoms with van der Waals surface area (Å²) >= 11 is 6.77. The number of rotatable bonds is 4. The van der Waals surface area contributed by atoms with Crippen LogP contribution in [0.3, 0.4) is 0 Å². The third-order valence-electron chi connectivity index (χ3n) is 2.63. The van der Waals surface area contributed by atoms with Crippen molar-refractivity contribution in [2.24, 2.45) is 0 Å². The van der Waals surface area contributed by atoms with Gasteiger partial charge in [0, 0.05) is 16.7 Å². The second-order valence-electron chi connectivity index (χ2n) is 3.95. The van der Waals surface area contributed by atoms with Crippen molar-refractivity contribution in [1.29, 1.82) is 0 Å². The van der Waals surface area contributed by atoms with Gasteiger partial charge in [0.2, 0.25) is 0 Å². The number of hydrogen-bond acceptors (Lipinski definition) is 2. The average molecular weight is 389 g/mol. The van der Waals surface area contributed by atoms with Crippen LogP contribution in [0, 0.1) is 5.82 Å². The van der Waals surface area contributed by atoms with Crippen LogP contribution in [-0.2, 0) is 6.54 Å². The van der Waals surface area contributed by atoms with Gasteiger partial charge >= 0.3 is 0 Å². The van der Waals surface area contributed by atoms with Crippen LogP contribution in [0.1, 0.15) is 5.56 Å². The predicted octanol–water partition coefficient (Wildman–Crippen LogP) is 4.97. The minimum Gasteiger partial charge on any atom is -0.496 e. The lowest BCUT2D eigenvalue weighted by Gasteiger charge is -2.10. The molecule has 0 amide bonds. The van der Waals surface area contributed by atoms with Crippen molar-refractivity contribution >= 4 is 37.5 Å². The Hall–Kier alpha value is -1.07. The molecule has 0 aliphatic carbocycles. The third-order valence-corrected chi connectivity index (χ3v) is 3.91. The van der Waals surface area contributed by atoms with Crippen LogP contribution in [-0.4, -0.2) is 7.11 Å². The van der Waals surface area contributed by atoms with Gasteiger partial charge in [-0.2, -0.15) is 0 Å². The summed E-state index contributed by atoms with van der Waals surface area (Å²) in [5.41, 5.74) is 1.96. The number of nitrogens with one attached hydrogen (secondary N) is 1. The SMILES string of the molecule is COc1ccc(CNc2ccc(F)cc2Br)cc1Br. The number of hydrogen-bond donors (Lipinski definition) is 1. The van der Waals surface area contributed by atoms with Gasteiger partial charge in [-0.15, -0.1) is 0 Å². The molecule has 0 aliphatic heterocycles. The molecular weight excluding hydrogens is 377 g/mol. The molecule has 100 valence electrons. The van der Waals surface area contributed by atoms with Gasteiger partial charge in [0.25, 0.3) is 0 Å². The maximum Gasteiger partial charge on any atom is 0.133 e. The molecule has 2 nitrogen and oxygen atoms in total. The summed E-state index contributed by atoms with van der Waals surface area (Å²) in [5, 5.41) is 3.25. The summed E-state index contributed by atoms with van der Waals surface area (Å²) < 4.78 is 19.8. The fourth-order valence-corrected chi connectivity index (χ4v) is 2.73. The maximum atomic E-state index is 13.0. The van der Waals surface area contributed by atoms with Crippen molar-refractivity contribution < 1.29 is 9.13 Å². The van der Waals surface area contributed by atoms with E-state index in [0.29, 0.717) is 11.0 Å². The summed E-state index contributed by atoms with van der Waals surface area (Å²) in [7, 11) is 1.63. The van der Waals surface area contributed by atoms with E-state index >= 15 is 0 Å². The van der Waals surface area contributed by atoms with Crippen LogP contribution in [0.4, 0.5) is 10.1 Å². The molecule has 0 aliphatic rings. The molecule has 0 radical (unpaired) electrons. The molecule has 0 fully saturated rings. The molecule has 0 unspecified atom stereocenters. The first-order chi connectivity index (χ1) is 9.10. The Bertz CT molecular complexity index is 590. The standard InChI is InChI=1S/C14H12Br2FNO/c1-19-14-5-2-9(6-12(14)16)8-18-13-4-3-10(17)7-11(13)15/h2-7,18H,8H2,1H3. The van der Waals surface area contributed by atoms with E-state index < -0.39 is 0 Å². The molecule has 2 aromatic rings. The summed E-state index contributed by atoms with van der Waals surface area (Å²) in [4.78, 5) is 0. The zero-order chi connectivity index (χ0) is 13.8. The second-order valence-corrected chi connectivity index (χ2v) is 5.66. The van der Waals surface area contributed by atoms with E-state index in [1.165, 1.54) is 12.1 Å². The van der Waals surface area contributed by atoms with Gasteiger partial charge in [0.05, 0.1) is 11.6 Å². The van der Waals surface area contributed by atoms with Gasteiger partial charge in [-0.1, -0.05) is 6.07 Å². The van der Waals surface area contributed by atoms with E-state index in [4.69, 9.17) is 4.74 Å². The Morgan fingerprint density at radius 2 is 1.89 bits per heavy atom. The fourth-order valence-electron chi connectivity index (χ4n) is 1.65. The van der Waals surface area contributed by atoms with Gasteiger partial charge in [0.15, 0.2) is 0 Å². The summed E-state index contributed by atoms with van der Waals surface area (Å²) in [6.45, 7) is 0.646. The number of anilines is 1. The van der Waals surface area contributed by atoms with Gasteiger partial charge in [-0.3, -0.25) is 0 Å². The lowest BCUT2D eigenvalue weighted by atomic mass is 10.2. The number of methoxy groups -OCH3 is 1. The predicted molar refractivity (Wildman–Crippen MR) is 82.1 cm³/mol. The first-order valence-electron chi connectivity index (χ1n) is 5.61. The highest BCUT2D eigenvalue weighted by Crippen LogP contribution is 2.27. The van der Waals surface area contributed by atoms with Gasteiger partial charge in [-0.25, -0.2) is 4.39 Å². The van der Waals surface area contributed by atoms with Crippen molar-refractivity contribution in [2.45, 2.75) is 6.54 Å². The molecule has 2 aromatic carbocycles. The van der Waals surface area contributed by atoms with Crippen LogP contribution < -0.4 is 10.1 Å². The summed E-state index contributed by atoms with van der Waals surface area (Å²) in [6.07, 6.45) is 0. The zero-order valence-electron chi connectivity index (χ0n) is 10.2. The lowest BCUT2D eigenvalue weighted by Crippen LogP contribution is -2.00. The second kappa shape index (κ2) is 6.39. The fraction of sp³-hybridized carbons (Fsp3) is 0.143. The zero-order valence-corrected chi connectivity index (χ0v) is 13.4. The van der Waals surface area contributed by atoms with E-state index in [2.05, 4.69) is 37.2 Å². The minimum atomic E-state index is -0.260. The van der Waals surface area contributed by atoms with Gasteiger partial charge in [-0.05, 0) is 67.8 Å². The molecule has 0 saturated carbocycles. The lowest BCUT2D eigenvalue weighted by molar-refractivity contribution is 0.412. The Morgan fingerprint density at radius 1 is 1.11 bits per heavy atom. The van der Waals surface area contributed by atoms with Gasteiger partial charge < -0.3 is 10.1 Å². The molecule has 1 N–H and O–H groups in total. The summed E-state index contributed by atoms with van der Waals surface area (Å²) in [5.74, 6) is 0.538. The van der Waals surface area contributed by atoms with Crippen LogP contribution in [0.25, 0.3) is 0 Å². The molecule has 0 aromatic heterocycles. The molecule has 0 spiro atoms. The Morgan fingerprint density at radius 3 is 2.53 bits per heavy atom. The van der Waals surface area contributed by atoms with E-state index in [-0.39, 0.29) is 5.82 Å². The quantitative estimate of drug-likeness (QED) is 0.798. The monoisotopic (exact) mass is 387 g/mol. The summed E-state index contributed by atoms with van der Waals surface area (Å²) in [6, 6.07) is 10.4. The van der Waals surface area contributed by atoms with E-state index in [0.717, 1.165) is 21.5 Å². The van der Waals surface area contributed by atoms with E-state index in [9.17, 15) is 4.39 Å². The van der Waals surface area contributed by atoms with Crippen molar-refractivity contribution in [1.82, 2.24) is 0 Å². The van der Waals surface area contributed by atoms with E-state index in [1.54, 1.807) is 13.2 Å². The van der Waals surface area contributed by atoms with Crippen LogP contribution >= 0.6 is 31.9 Å². The number of benzene rings is 2.